The van der Waals surface area contributed by atoms with E-state index in [0.717, 1.165) is 37.2 Å². The normalized spacial score (nSPS) is 26.9. The molecule has 1 amide bonds. The zero-order valence-corrected chi connectivity index (χ0v) is 18.4. The van der Waals surface area contributed by atoms with Crippen molar-refractivity contribution in [3.63, 3.8) is 0 Å². The van der Waals surface area contributed by atoms with Gasteiger partial charge >= 0.3 is 0 Å². The minimum absolute atomic E-state index is 0.0173. The van der Waals surface area contributed by atoms with Gasteiger partial charge in [-0.25, -0.2) is 8.42 Å². The molecule has 2 aliphatic rings. The maximum Gasteiger partial charge on any atom is 0.226 e. The standard InChI is InChI=1S/C22H32ClNO3S/c1-2-3-6-17-9-11-18(12-10-17)22(25)24(20-13-14-28(26,27)16-20)15-19-7-4-5-8-21(19)23/h4-5,7-8,17-18,20H,2-3,6,9-16H2,1H3/t17?,18?,20-/m1/s1. The third-order valence-electron chi connectivity index (χ3n) is 6.39. The van der Waals surface area contributed by atoms with Crippen molar-refractivity contribution < 1.29 is 13.2 Å². The van der Waals surface area contributed by atoms with Crippen molar-refractivity contribution in [2.75, 3.05) is 11.5 Å². The van der Waals surface area contributed by atoms with Gasteiger partial charge in [0.05, 0.1) is 11.5 Å². The largest absolute Gasteiger partial charge is 0.334 e. The Morgan fingerprint density at radius 2 is 1.86 bits per heavy atom. The molecule has 0 N–H and O–H groups in total. The van der Waals surface area contributed by atoms with Crippen LogP contribution in [0.3, 0.4) is 0 Å². The number of halogens is 1. The van der Waals surface area contributed by atoms with Gasteiger partial charge in [0.1, 0.15) is 0 Å². The Morgan fingerprint density at radius 3 is 2.46 bits per heavy atom. The minimum atomic E-state index is -3.05. The molecule has 2 fully saturated rings. The summed E-state index contributed by atoms with van der Waals surface area (Å²) in [7, 11) is -3.05. The van der Waals surface area contributed by atoms with Gasteiger partial charge in [-0.15, -0.1) is 0 Å². The Morgan fingerprint density at radius 1 is 1.14 bits per heavy atom. The summed E-state index contributed by atoms with van der Waals surface area (Å²) in [6, 6.07) is 7.30. The Balaban J connectivity index is 1.71. The average molecular weight is 426 g/mol. The highest BCUT2D eigenvalue weighted by Crippen LogP contribution is 2.34. The SMILES string of the molecule is CCCCC1CCC(C(=O)N(Cc2ccccc2Cl)[C@@H]2CCS(=O)(=O)C2)CC1. The summed E-state index contributed by atoms with van der Waals surface area (Å²) < 4.78 is 24.1. The summed E-state index contributed by atoms with van der Waals surface area (Å²) >= 11 is 6.33. The number of rotatable bonds is 7. The summed E-state index contributed by atoms with van der Waals surface area (Å²) in [5.41, 5.74) is 0.887. The maximum absolute atomic E-state index is 13.4. The molecule has 1 saturated carbocycles. The predicted molar refractivity (Wildman–Crippen MR) is 114 cm³/mol. The first-order valence-corrected chi connectivity index (χ1v) is 12.8. The Labute approximate surface area is 174 Å². The Hall–Kier alpha value is -1.07. The lowest BCUT2D eigenvalue weighted by atomic mass is 9.79. The van der Waals surface area contributed by atoms with E-state index < -0.39 is 9.84 Å². The highest BCUT2D eigenvalue weighted by molar-refractivity contribution is 7.91. The van der Waals surface area contributed by atoms with Gasteiger partial charge in [-0.3, -0.25) is 4.79 Å². The maximum atomic E-state index is 13.4. The molecular weight excluding hydrogens is 394 g/mol. The summed E-state index contributed by atoms with van der Waals surface area (Å²) in [6.07, 6.45) is 8.35. The third-order valence-corrected chi connectivity index (χ3v) is 8.51. The van der Waals surface area contributed by atoms with Crippen LogP contribution in [0.5, 0.6) is 0 Å². The molecule has 1 aromatic rings. The van der Waals surface area contributed by atoms with Gasteiger partial charge in [0.25, 0.3) is 0 Å². The molecule has 28 heavy (non-hydrogen) atoms. The number of carbonyl (C=O) groups is 1. The molecule has 1 aliphatic heterocycles. The molecule has 1 atom stereocenters. The molecule has 1 aliphatic carbocycles. The van der Waals surface area contributed by atoms with Crippen LogP contribution in [0, 0.1) is 11.8 Å². The van der Waals surface area contributed by atoms with Crippen LogP contribution in [0.2, 0.25) is 5.02 Å². The van der Waals surface area contributed by atoms with Crippen molar-refractivity contribution in [3.8, 4) is 0 Å². The average Bonchev–Trinajstić information content (AvgIpc) is 3.05. The zero-order valence-electron chi connectivity index (χ0n) is 16.8. The molecule has 3 rings (SSSR count). The van der Waals surface area contributed by atoms with E-state index in [9.17, 15) is 13.2 Å². The number of nitrogens with zero attached hydrogens (tertiary/aromatic N) is 1. The van der Waals surface area contributed by atoms with E-state index in [1.54, 1.807) is 0 Å². The highest BCUT2D eigenvalue weighted by atomic mass is 35.5. The van der Waals surface area contributed by atoms with Crippen molar-refractivity contribution in [2.45, 2.75) is 70.9 Å². The van der Waals surface area contributed by atoms with Crippen LogP contribution in [-0.4, -0.2) is 36.8 Å². The first kappa shape index (κ1) is 21.6. The lowest BCUT2D eigenvalue weighted by molar-refractivity contribution is -0.139. The summed E-state index contributed by atoms with van der Waals surface area (Å²) in [5, 5.41) is 0.629. The molecule has 6 heteroatoms. The lowest BCUT2D eigenvalue weighted by Crippen LogP contribution is -2.44. The second-order valence-corrected chi connectivity index (χ2v) is 11.1. The molecule has 0 aromatic heterocycles. The number of benzene rings is 1. The lowest BCUT2D eigenvalue weighted by Gasteiger charge is -2.35. The van der Waals surface area contributed by atoms with Gasteiger partial charge in [-0.2, -0.15) is 0 Å². The molecule has 0 spiro atoms. The molecule has 156 valence electrons. The number of hydrogen-bond donors (Lipinski definition) is 0. The van der Waals surface area contributed by atoms with Gasteiger partial charge in [-0.1, -0.05) is 56.0 Å². The van der Waals surface area contributed by atoms with Gasteiger partial charge in [-0.05, 0) is 49.7 Å². The highest BCUT2D eigenvalue weighted by Gasteiger charge is 2.38. The third kappa shape index (κ3) is 5.50. The van der Waals surface area contributed by atoms with E-state index in [2.05, 4.69) is 6.92 Å². The number of unbranched alkanes of at least 4 members (excludes halogenated alkanes) is 1. The second kappa shape index (κ2) is 9.62. The molecule has 1 aromatic carbocycles. The first-order chi connectivity index (χ1) is 13.4. The molecule has 1 heterocycles. The zero-order chi connectivity index (χ0) is 20.1. The van der Waals surface area contributed by atoms with Crippen molar-refractivity contribution in [3.05, 3.63) is 34.9 Å². The summed E-state index contributed by atoms with van der Waals surface area (Å²) in [6.45, 7) is 2.62. The smallest absolute Gasteiger partial charge is 0.226 e. The fraction of sp³-hybridized carbons (Fsp3) is 0.682. The summed E-state index contributed by atoms with van der Waals surface area (Å²) in [5.74, 6) is 1.13. The van der Waals surface area contributed by atoms with E-state index in [-0.39, 0.29) is 29.4 Å². The molecule has 0 unspecified atom stereocenters. The van der Waals surface area contributed by atoms with E-state index in [1.807, 2.05) is 29.2 Å². The van der Waals surface area contributed by atoms with Crippen LogP contribution in [0.4, 0.5) is 0 Å². The minimum Gasteiger partial charge on any atom is -0.334 e. The van der Waals surface area contributed by atoms with E-state index >= 15 is 0 Å². The predicted octanol–water partition coefficient (Wildman–Crippen LogP) is 4.85. The van der Waals surface area contributed by atoms with Crippen LogP contribution in [0.15, 0.2) is 24.3 Å². The summed E-state index contributed by atoms with van der Waals surface area (Å²) in [4.78, 5) is 15.2. The van der Waals surface area contributed by atoms with E-state index in [1.165, 1.54) is 19.3 Å². The van der Waals surface area contributed by atoms with E-state index in [4.69, 9.17) is 11.6 Å². The topological polar surface area (TPSA) is 54.5 Å². The number of sulfone groups is 1. The Bertz CT molecular complexity index is 772. The van der Waals surface area contributed by atoms with Crippen molar-refractivity contribution in [1.82, 2.24) is 4.90 Å². The van der Waals surface area contributed by atoms with Gasteiger partial charge < -0.3 is 4.90 Å². The van der Waals surface area contributed by atoms with Crippen LogP contribution in [0.25, 0.3) is 0 Å². The van der Waals surface area contributed by atoms with E-state index in [0.29, 0.717) is 18.0 Å². The monoisotopic (exact) mass is 425 g/mol. The molecule has 0 radical (unpaired) electrons. The first-order valence-electron chi connectivity index (χ1n) is 10.6. The number of carbonyl (C=O) groups excluding carboxylic acids is 1. The van der Waals surface area contributed by atoms with Gasteiger partial charge in [0.2, 0.25) is 5.91 Å². The fourth-order valence-electron chi connectivity index (χ4n) is 4.64. The molecule has 1 saturated heterocycles. The van der Waals surface area contributed by atoms with Gasteiger partial charge in [0, 0.05) is 23.5 Å². The van der Waals surface area contributed by atoms with Crippen LogP contribution in [0.1, 0.15) is 63.9 Å². The second-order valence-electron chi connectivity index (χ2n) is 8.47. The van der Waals surface area contributed by atoms with Crippen molar-refractivity contribution in [1.29, 1.82) is 0 Å². The Kier molecular flexibility index (Phi) is 7.43. The fourth-order valence-corrected chi connectivity index (χ4v) is 6.57. The molecule has 4 nitrogen and oxygen atoms in total. The van der Waals surface area contributed by atoms with Crippen LogP contribution in [-0.2, 0) is 21.2 Å². The molecule has 0 bridgehead atoms. The number of hydrogen-bond acceptors (Lipinski definition) is 3. The number of amides is 1. The van der Waals surface area contributed by atoms with Gasteiger partial charge in [0.15, 0.2) is 9.84 Å². The van der Waals surface area contributed by atoms with Crippen molar-refractivity contribution >= 4 is 27.3 Å². The quantitative estimate of drug-likeness (QED) is 0.627. The van der Waals surface area contributed by atoms with Crippen LogP contribution >= 0.6 is 11.6 Å². The van der Waals surface area contributed by atoms with Crippen LogP contribution < -0.4 is 0 Å². The molecular formula is C22H32ClNO3S. The van der Waals surface area contributed by atoms with Crippen molar-refractivity contribution in [2.24, 2.45) is 11.8 Å².